The van der Waals surface area contributed by atoms with Gasteiger partial charge in [0.25, 0.3) is 0 Å². The number of aromatic carboxylic acids is 1. The summed E-state index contributed by atoms with van der Waals surface area (Å²) in [6.45, 7) is 0.103. The van der Waals surface area contributed by atoms with Gasteiger partial charge in [0.2, 0.25) is 0 Å². The Bertz CT molecular complexity index is 614. The van der Waals surface area contributed by atoms with Gasteiger partial charge in [-0.25, -0.2) is 4.79 Å². The summed E-state index contributed by atoms with van der Waals surface area (Å²) in [7, 11) is 1.60. The van der Waals surface area contributed by atoms with Gasteiger partial charge in [0.05, 0.1) is 23.4 Å². The maximum atomic E-state index is 10.9. The molecule has 94 valence electrons. The number of rotatable bonds is 4. The van der Waals surface area contributed by atoms with E-state index < -0.39 is 10.9 Å². The standard InChI is InChI=1S/C9H9N5O4/c1-12-8(7(3-10-12)9(15)16)5-13-4-6(2-11-13)14(17)18/h2-4H,5H2,1H3,(H,15,16). The van der Waals surface area contributed by atoms with Gasteiger partial charge in [0, 0.05) is 7.05 Å². The van der Waals surface area contributed by atoms with Crippen molar-refractivity contribution in [2.24, 2.45) is 7.05 Å². The predicted molar refractivity (Wildman–Crippen MR) is 58.2 cm³/mol. The van der Waals surface area contributed by atoms with Crippen molar-refractivity contribution >= 4 is 11.7 Å². The third kappa shape index (κ3) is 2.05. The summed E-state index contributed by atoms with van der Waals surface area (Å²) in [5, 5.41) is 27.1. The van der Waals surface area contributed by atoms with Gasteiger partial charge in [-0.2, -0.15) is 10.2 Å². The SMILES string of the molecule is Cn1ncc(C(=O)O)c1Cn1cc([N+](=O)[O-])cn1. The van der Waals surface area contributed by atoms with Crippen LogP contribution in [-0.4, -0.2) is 35.6 Å². The van der Waals surface area contributed by atoms with Crippen molar-refractivity contribution in [2.75, 3.05) is 0 Å². The van der Waals surface area contributed by atoms with E-state index in [9.17, 15) is 14.9 Å². The first-order chi connectivity index (χ1) is 8.49. The molecule has 0 amide bonds. The van der Waals surface area contributed by atoms with Gasteiger partial charge in [0.15, 0.2) is 0 Å². The fraction of sp³-hybridized carbons (Fsp3) is 0.222. The first-order valence-corrected chi connectivity index (χ1v) is 4.90. The zero-order valence-electron chi connectivity index (χ0n) is 9.35. The number of nitro groups is 1. The molecule has 0 radical (unpaired) electrons. The van der Waals surface area contributed by atoms with Crippen LogP contribution in [0.4, 0.5) is 5.69 Å². The lowest BCUT2D eigenvalue weighted by molar-refractivity contribution is -0.385. The summed E-state index contributed by atoms with van der Waals surface area (Å²) >= 11 is 0. The molecule has 0 atom stereocenters. The highest BCUT2D eigenvalue weighted by molar-refractivity contribution is 5.88. The number of carboxylic acid groups (broad SMARTS) is 1. The molecule has 0 saturated carbocycles. The van der Waals surface area contributed by atoms with Gasteiger partial charge < -0.3 is 5.11 Å². The first kappa shape index (κ1) is 11.8. The van der Waals surface area contributed by atoms with Crippen LogP contribution in [0.1, 0.15) is 16.1 Å². The van der Waals surface area contributed by atoms with Crippen molar-refractivity contribution in [1.82, 2.24) is 19.6 Å². The fourth-order valence-corrected chi connectivity index (χ4v) is 1.52. The van der Waals surface area contributed by atoms with Crippen LogP contribution in [0, 0.1) is 10.1 Å². The van der Waals surface area contributed by atoms with Gasteiger partial charge in [-0.05, 0) is 0 Å². The molecule has 9 nitrogen and oxygen atoms in total. The maximum absolute atomic E-state index is 10.9. The van der Waals surface area contributed by atoms with E-state index in [0.29, 0.717) is 5.69 Å². The van der Waals surface area contributed by atoms with E-state index in [1.54, 1.807) is 7.05 Å². The van der Waals surface area contributed by atoms with Crippen molar-refractivity contribution in [3.05, 3.63) is 40.0 Å². The Hall–Kier alpha value is -2.71. The Balaban J connectivity index is 2.30. The molecule has 0 aliphatic rings. The first-order valence-electron chi connectivity index (χ1n) is 4.90. The second kappa shape index (κ2) is 4.28. The summed E-state index contributed by atoms with van der Waals surface area (Å²) in [5.41, 5.74) is 0.324. The molecule has 1 N–H and O–H groups in total. The van der Waals surface area contributed by atoms with Crippen molar-refractivity contribution in [3.63, 3.8) is 0 Å². The summed E-state index contributed by atoms with van der Waals surface area (Å²) in [6.07, 6.45) is 3.57. The van der Waals surface area contributed by atoms with Crippen molar-refractivity contribution in [1.29, 1.82) is 0 Å². The fourth-order valence-electron chi connectivity index (χ4n) is 1.52. The van der Waals surface area contributed by atoms with Crippen LogP contribution < -0.4 is 0 Å². The summed E-state index contributed by atoms with van der Waals surface area (Å²) < 4.78 is 2.69. The Morgan fingerprint density at radius 3 is 2.78 bits per heavy atom. The number of nitrogens with zero attached hydrogens (tertiary/aromatic N) is 5. The van der Waals surface area contributed by atoms with Crippen LogP contribution in [0.2, 0.25) is 0 Å². The van der Waals surface area contributed by atoms with Gasteiger partial charge in [-0.3, -0.25) is 19.5 Å². The van der Waals surface area contributed by atoms with E-state index in [1.165, 1.54) is 21.8 Å². The number of aryl methyl sites for hydroxylation is 1. The minimum atomic E-state index is -1.10. The highest BCUT2D eigenvalue weighted by Gasteiger charge is 2.17. The van der Waals surface area contributed by atoms with Crippen LogP contribution in [0.25, 0.3) is 0 Å². The summed E-state index contributed by atoms with van der Waals surface area (Å²) in [5.74, 6) is -1.10. The van der Waals surface area contributed by atoms with Crippen molar-refractivity contribution < 1.29 is 14.8 Å². The van der Waals surface area contributed by atoms with Crippen LogP contribution >= 0.6 is 0 Å². The largest absolute Gasteiger partial charge is 0.478 e. The lowest BCUT2D eigenvalue weighted by Gasteiger charge is -2.03. The number of hydrogen-bond acceptors (Lipinski definition) is 5. The maximum Gasteiger partial charge on any atom is 0.339 e. The highest BCUT2D eigenvalue weighted by atomic mass is 16.6. The molecule has 2 rings (SSSR count). The molecule has 9 heteroatoms. The molecular formula is C9H9N5O4. The lowest BCUT2D eigenvalue weighted by atomic mass is 10.2. The Labute approximate surface area is 100 Å². The second-order valence-corrected chi connectivity index (χ2v) is 3.59. The van der Waals surface area contributed by atoms with E-state index in [0.717, 1.165) is 6.20 Å². The van der Waals surface area contributed by atoms with E-state index >= 15 is 0 Å². The molecule has 0 unspecified atom stereocenters. The van der Waals surface area contributed by atoms with Gasteiger partial charge in [-0.1, -0.05) is 0 Å². The van der Waals surface area contributed by atoms with Crippen LogP contribution in [0.3, 0.4) is 0 Å². The van der Waals surface area contributed by atoms with Crippen molar-refractivity contribution in [3.8, 4) is 0 Å². The van der Waals surface area contributed by atoms with Crippen LogP contribution in [0.15, 0.2) is 18.6 Å². The Kier molecular flexibility index (Phi) is 2.80. The smallest absolute Gasteiger partial charge is 0.339 e. The summed E-state index contributed by atoms with van der Waals surface area (Å²) in [6, 6.07) is 0. The summed E-state index contributed by atoms with van der Waals surface area (Å²) in [4.78, 5) is 20.9. The Morgan fingerprint density at radius 1 is 1.50 bits per heavy atom. The number of aromatic nitrogens is 4. The molecule has 0 aliphatic carbocycles. The monoisotopic (exact) mass is 251 g/mol. The van der Waals surface area contributed by atoms with E-state index in [1.807, 2.05) is 0 Å². The topological polar surface area (TPSA) is 116 Å². The molecule has 2 aromatic rings. The molecule has 0 saturated heterocycles. The molecule has 0 bridgehead atoms. The van der Waals surface area contributed by atoms with E-state index in [4.69, 9.17) is 5.11 Å². The van der Waals surface area contributed by atoms with E-state index in [-0.39, 0.29) is 17.8 Å². The third-order valence-corrected chi connectivity index (χ3v) is 2.43. The van der Waals surface area contributed by atoms with Crippen LogP contribution in [0.5, 0.6) is 0 Å². The highest BCUT2D eigenvalue weighted by Crippen LogP contribution is 2.12. The molecule has 2 aromatic heterocycles. The van der Waals surface area contributed by atoms with Crippen molar-refractivity contribution in [2.45, 2.75) is 6.54 Å². The average Bonchev–Trinajstić information content (AvgIpc) is 2.88. The predicted octanol–water partition coefficient (Wildman–Crippen LogP) is 0.271. The minimum absolute atomic E-state index is 0.0515. The van der Waals surface area contributed by atoms with Gasteiger partial charge in [0.1, 0.15) is 18.0 Å². The molecule has 0 aliphatic heterocycles. The molecule has 0 aromatic carbocycles. The lowest BCUT2D eigenvalue weighted by Crippen LogP contribution is -2.10. The normalized spacial score (nSPS) is 10.5. The van der Waals surface area contributed by atoms with E-state index in [2.05, 4.69) is 10.2 Å². The van der Waals surface area contributed by atoms with Crippen LogP contribution in [-0.2, 0) is 13.6 Å². The zero-order valence-corrected chi connectivity index (χ0v) is 9.35. The van der Waals surface area contributed by atoms with Gasteiger partial charge >= 0.3 is 11.7 Å². The number of carbonyl (C=O) groups is 1. The molecular weight excluding hydrogens is 242 g/mol. The second-order valence-electron chi connectivity index (χ2n) is 3.59. The van der Waals surface area contributed by atoms with Gasteiger partial charge in [-0.15, -0.1) is 0 Å². The minimum Gasteiger partial charge on any atom is -0.478 e. The number of carboxylic acids is 1. The quantitative estimate of drug-likeness (QED) is 0.615. The molecule has 0 fully saturated rings. The molecule has 0 spiro atoms. The Morgan fingerprint density at radius 2 is 2.22 bits per heavy atom. The third-order valence-electron chi connectivity index (χ3n) is 2.43. The molecule has 18 heavy (non-hydrogen) atoms. The number of hydrogen-bond donors (Lipinski definition) is 1. The average molecular weight is 251 g/mol. The molecule has 2 heterocycles. The zero-order chi connectivity index (χ0) is 13.3.